The Morgan fingerprint density at radius 2 is 2.33 bits per heavy atom. The summed E-state index contributed by atoms with van der Waals surface area (Å²) in [4.78, 5) is 13.3. The lowest BCUT2D eigenvalue weighted by Gasteiger charge is -2.34. The van der Waals surface area contributed by atoms with E-state index < -0.39 is 0 Å². The fraction of sp³-hybridized carbons (Fsp3) is 0.417. The fourth-order valence-corrected chi connectivity index (χ4v) is 2.40. The van der Waals surface area contributed by atoms with E-state index in [0.29, 0.717) is 24.7 Å². The first-order valence-corrected chi connectivity index (χ1v) is 6.13. The quantitative estimate of drug-likeness (QED) is 0.853. The van der Waals surface area contributed by atoms with Crippen LogP contribution in [0, 0.1) is 5.82 Å². The Hall–Kier alpha value is -1.17. The Morgan fingerprint density at radius 1 is 1.56 bits per heavy atom. The predicted molar refractivity (Wildman–Crippen MR) is 67.7 cm³/mol. The fourth-order valence-electron chi connectivity index (χ4n) is 2.15. The number of nitrogens with two attached hydrogens (primary N) is 1. The van der Waals surface area contributed by atoms with Gasteiger partial charge in [0.05, 0.1) is 0 Å². The molecule has 4 nitrogen and oxygen atoms in total. The number of carbonyl (C=O) groups is 1. The van der Waals surface area contributed by atoms with E-state index in [4.69, 9.17) is 17.3 Å². The predicted octanol–water partition coefficient (Wildman–Crippen LogP) is 0.738. The van der Waals surface area contributed by atoms with Gasteiger partial charge in [0, 0.05) is 31.2 Å². The third-order valence-corrected chi connectivity index (χ3v) is 3.21. The van der Waals surface area contributed by atoms with Gasteiger partial charge in [-0.1, -0.05) is 11.6 Å². The summed E-state index contributed by atoms with van der Waals surface area (Å²) in [6.45, 7) is 2.47. The molecule has 1 heterocycles. The molecule has 0 aromatic heterocycles. The highest BCUT2D eigenvalue weighted by Crippen LogP contribution is 2.17. The van der Waals surface area contributed by atoms with E-state index in [1.807, 2.05) is 4.90 Å². The lowest BCUT2D eigenvalue weighted by Crippen LogP contribution is -2.56. The van der Waals surface area contributed by atoms with Crippen molar-refractivity contribution in [2.24, 2.45) is 5.73 Å². The standard InChI is InChI=1S/C12H15ClFN3O/c13-9-3-8(4-10(14)5-9)7-17-2-1-16-6-11(17)12(15)18/h3-5,11,16H,1-2,6-7H2,(H2,15,18). The first-order valence-electron chi connectivity index (χ1n) is 5.75. The van der Waals surface area contributed by atoms with Crippen molar-refractivity contribution in [3.05, 3.63) is 34.6 Å². The van der Waals surface area contributed by atoms with Gasteiger partial charge in [0.25, 0.3) is 0 Å². The number of hydrogen-bond acceptors (Lipinski definition) is 3. The molecule has 3 N–H and O–H groups in total. The van der Waals surface area contributed by atoms with Gasteiger partial charge in [0.15, 0.2) is 0 Å². The molecular formula is C12H15ClFN3O. The minimum Gasteiger partial charge on any atom is -0.368 e. The Labute approximate surface area is 110 Å². The number of carbonyl (C=O) groups excluding carboxylic acids is 1. The molecule has 1 amide bonds. The zero-order valence-electron chi connectivity index (χ0n) is 9.83. The molecule has 6 heteroatoms. The largest absolute Gasteiger partial charge is 0.368 e. The van der Waals surface area contributed by atoms with Gasteiger partial charge < -0.3 is 11.1 Å². The van der Waals surface area contributed by atoms with Crippen LogP contribution in [-0.2, 0) is 11.3 Å². The molecule has 1 fully saturated rings. The zero-order valence-corrected chi connectivity index (χ0v) is 10.6. The van der Waals surface area contributed by atoms with E-state index in [1.54, 1.807) is 6.07 Å². The van der Waals surface area contributed by atoms with Crippen molar-refractivity contribution in [2.45, 2.75) is 12.6 Å². The van der Waals surface area contributed by atoms with E-state index in [9.17, 15) is 9.18 Å². The van der Waals surface area contributed by atoms with Gasteiger partial charge in [-0.3, -0.25) is 9.69 Å². The average molecular weight is 272 g/mol. The van der Waals surface area contributed by atoms with Crippen LogP contribution < -0.4 is 11.1 Å². The number of benzene rings is 1. The zero-order chi connectivity index (χ0) is 13.1. The van der Waals surface area contributed by atoms with E-state index in [2.05, 4.69) is 5.32 Å². The van der Waals surface area contributed by atoms with Gasteiger partial charge in [0.1, 0.15) is 11.9 Å². The molecule has 0 saturated carbocycles. The molecule has 1 aliphatic heterocycles. The topological polar surface area (TPSA) is 58.4 Å². The summed E-state index contributed by atoms with van der Waals surface area (Å²) in [6, 6.07) is 4.02. The molecule has 18 heavy (non-hydrogen) atoms. The van der Waals surface area contributed by atoms with E-state index in [-0.39, 0.29) is 17.8 Å². The molecule has 1 atom stereocenters. The van der Waals surface area contributed by atoms with Crippen molar-refractivity contribution in [3.63, 3.8) is 0 Å². The number of amides is 1. The van der Waals surface area contributed by atoms with Crippen LogP contribution in [0.15, 0.2) is 18.2 Å². The second-order valence-electron chi connectivity index (χ2n) is 4.37. The third-order valence-electron chi connectivity index (χ3n) is 2.99. The molecule has 0 radical (unpaired) electrons. The minimum atomic E-state index is -0.372. The van der Waals surface area contributed by atoms with Gasteiger partial charge in [-0.05, 0) is 23.8 Å². The van der Waals surface area contributed by atoms with Crippen molar-refractivity contribution in [1.82, 2.24) is 10.2 Å². The lowest BCUT2D eigenvalue weighted by atomic mass is 10.1. The van der Waals surface area contributed by atoms with E-state index in [0.717, 1.165) is 12.1 Å². The molecule has 1 aromatic carbocycles. The lowest BCUT2D eigenvalue weighted by molar-refractivity contribution is -0.124. The van der Waals surface area contributed by atoms with E-state index >= 15 is 0 Å². The number of piperazine rings is 1. The number of primary amides is 1. The summed E-state index contributed by atoms with van der Waals surface area (Å²) in [6.07, 6.45) is 0. The van der Waals surface area contributed by atoms with Gasteiger partial charge >= 0.3 is 0 Å². The second-order valence-corrected chi connectivity index (χ2v) is 4.81. The maximum Gasteiger partial charge on any atom is 0.236 e. The smallest absolute Gasteiger partial charge is 0.236 e. The van der Waals surface area contributed by atoms with Gasteiger partial charge in [-0.15, -0.1) is 0 Å². The summed E-state index contributed by atoms with van der Waals surface area (Å²) < 4.78 is 13.2. The Balaban J connectivity index is 2.13. The Bertz CT molecular complexity index is 435. The highest BCUT2D eigenvalue weighted by molar-refractivity contribution is 6.30. The highest BCUT2D eigenvalue weighted by Gasteiger charge is 2.26. The van der Waals surface area contributed by atoms with Crippen LogP contribution in [-0.4, -0.2) is 36.5 Å². The molecule has 1 aromatic rings. The highest BCUT2D eigenvalue weighted by atomic mass is 35.5. The van der Waals surface area contributed by atoms with Crippen molar-refractivity contribution in [2.75, 3.05) is 19.6 Å². The average Bonchev–Trinajstić information content (AvgIpc) is 2.27. The summed E-state index contributed by atoms with van der Waals surface area (Å²) in [7, 11) is 0. The third kappa shape index (κ3) is 3.19. The summed E-state index contributed by atoms with van der Waals surface area (Å²) in [5.74, 6) is -0.743. The van der Waals surface area contributed by atoms with Crippen LogP contribution in [0.5, 0.6) is 0 Å². The van der Waals surface area contributed by atoms with Crippen LogP contribution in [0.25, 0.3) is 0 Å². The van der Waals surface area contributed by atoms with Crippen molar-refractivity contribution in [3.8, 4) is 0 Å². The van der Waals surface area contributed by atoms with Crippen molar-refractivity contribution < 1.29 is 9.18 Å². The second kappa shape index (κ2) is 5.65. The molecule has 2 rings (SSSR count). The molecular weight excluding hydrogens is 257 g/mol. The molecule has 1 aliphatic rings. The first-order chi connectivity index (χ1) is 8.56. The van der Waals surface area contributed by atoms with Crippen LogP contribution in [0.2, 0.25) is 5.02 Å². The molecule has 0 spiro atoms. The number of hydrogen-bond donors (Lipinski definition) is 2. The minimum absolute atomic E-state index is 0.357. The van der Waals surface area contributed by atoms with Crippen LogP contribution >= 0.6 is 11.6 Å². The van der Waals surface area contributed by atoms with Gasteiger partial charge in [0.2, 0.25) is 5.91 Å². The first kappa shape index (κ1) is 13.3. The number of rotatable bonds is 3. The molecule has 1 saturated heterocycles. The van der Waals surface area contributed by atoms with E-state index in [1.165, 1.54) is 12.1 Å². The summed E-state index contributed by atoms with van der Waals surface area (Å²) in [5.41, 5.74) is 6.09. The number of nitrogens with one attached hydrogen (secondary N) is 1. The monoisotopic (exact) mass is 271 g/mol. The van der Waals surface area contributed by atoms with Crippen molar-refractivity contribution >= 4 is 17.5 Å². The maximum absolute atomic E-state index is 13.2. The molecule has 0 bridgehead atoms. The summed E-state index contributed by atoms with van der Waals surface area (Å²) >= 11 is 5.80. The van der Waals surface area contributed by atoms with Gasteiger partial charge in [-0.25, -0.2) is 4.39 Å². The number of halogens is 2. The Morgan fingerprint density at radius 3 is 3.00 bits per heavy atom. The molecule has 98 valence electrons. The van der Waals surface area contributed by atoms with Crippen molar-refractivity contribution in [1.29, 1.82) is 0 Å². The number of nitrogens with zero attached hydrogens (tertiary/aromatic N) is 1. The van der Waals surface area contributed by atoms with Crippen LogP contribution in [0.1, 0.15) is 5.56 Å². The van der Waals surface area contributed by atoms with Gasteiger partial charge in [-0.2, -0.15) is 0 Å². The maximum atomic E-state index is 13.2. The normalized spacial score (nSPS) is 20.9. The Kier molecular flexibility index (Phi) is 4.16. The summed E-state index contributed by atoms with van der Waals surface area (Å²) in [5, 5.41) is 3.47. The van der Waals surface area contributed by atoms with Crippen LogP contribution in [0.3, 0.4) is 0 Å². The molecule has 1 unspecified atom stereocenters. The molecule has 0 aliphatic carbocycles. The van der Waals surface area contributed by atoms with Crippen LogP contribution in [0.4, 0.5) is 4.39 Å². The SMILES string of the molecule is NC(=O)C1CNCCN1Cc1cc(F)cc(Cl)c1.